The number of benzene rings is 2. The number of hydrogen-bond acceptors (Lipinski definition) is 5. The Labute approximate surface area is 138 Å². The highest BCUT2D eigenvalue weighted by molar-refractivity contribution is 7.89. The van der Waals surface area contributed by atoms with E-state index in [-0.39, 0.29) is 10.2 Å². The van der Waals surface area contributed by atoms with Crippen LogP contribution in [-0.2, 0) is 10.0 Å². The zero-order chi connectivity index (χ0) is 16.4. The van der Waals surface area contributed by atoms with Crippen LogP contribution in [0.1, 0.15) is 0 Å². The summed E-state index contributed by atoms with van der Waals surface area (Å²) in [6.07, 6.45) is 0. The summed E-state index contributed by atoms with van der Waals surface area (Å²) in [4.78, 5) is 8.55. The number of nitrogens with one attached hydrogen (secondary N) is 2. The lowest BCUT2D eigenvalue weighted by Crippen LogP contribution is -2.18. The van der Waals surface area contributed by atoms with Gasteiger partial charge in [-0.05, 0) is 55.0 Å². The molecule has 1 heterocycles. The number of rotatable bonds is 4. The molecule has 0 aliphatic carbocycles. The molecule has 2 N–H and O–H groups in total. The normalized spacial score (nSPS) is 11.6. The van der Waals surface area contributed by atoms with Crippen LogP contribution in [0.5, 0.6) is 0 Å². The van der Waals surface area contributed by atoms with Gasteiger partial charge in [-0.2, -0.15) is 4.98 Å². The first kappa shape index (κ1) is 15.7. The van der Waals surface area contributed by atoms with Gasteiger partial charge in [-0.25, -0.2) is 18.1 Å². The second-order valence-corrected chi connectivity index (χ2v) is 6.94. The van der Waals surface area contributed by atoms with Crippen molar-refractivity contribution in [2.75, 3.05) is 12.4 Å². The molecule has 0 atom stereocenters. The Bertz CT molecular complexity index is 959. The molecule has 0 saturated heterocycles. The second-order valence-electron chi connectivity index (χ2n) is 4.72. The molecule has 23 heavy (non-hydrogen) atoms. The number of sulfonamides is 1. The summed E-state index contributed by atoms with van der Waals surface area (Å²) in [7, 11) is -2.08. The largest absolute Gasteiger partial charge is 0.340 e. The molecule has 118 valence electrons. The molecular formula is C15H13ClN4O2S. The average molecular weight is 349 g/mol. The number of fused-ring (bicyclic) bond motifs is 1. The maximum absolute atomic E-state index is 11.7. The number of aromatic nitrogens is 2. The standard InChI is InChI=1S/C15H13ClN4O2S/c1-17-23(21,22)11-8-6-10(7-9-11)18-14-12-4-2-3-5-13(12)19-15(16)20-14/h2-9,17H,1H3,(H,18,19,20). The summed E-state index contributed by atoms with van der Waals surface area (Å²) >= 11 is 5.94. The summed E-state index contributed by atoms with van der Waals surface area (Å²) < 4.78 is 25.7. The Balaban J connectivity index is 1.97. The van der Waals surface area contributed by atoms with E-state index in [1.165, 1.54) is 19.2 Å². The van der Waals surface area contributed by atoms with E-state index in [1.807, 2.05) is 24.3 Å². The van der Waals surface area contributed by atoms with Crippen molar-refractivity contribution in [3.8, 4) is 0 Å². The van der Waals surface area contributed by atoms with Gasteiger partial charge in [0.2, 0.25) is 15.3 Å². The number of halogens is 1. The summed E-state index contributed by atoms with van der Waals surface area (Å²) in [5, 5.41) is 4.10. The van der Waals surface area contributed by atoms with E-state index in [0.717, 1.165) is 10.9 Å². The van der Waals surface area contributed by atoms with E-state index < -0.39 is 10.0 Å². The van der Waals surface area contributed by atoms with Crippen molar-refractivity contribution < 1.29 is 8.42 Å². The molecule has 0 aliphatic rings. The minimum absolute atomic E-state index is 0.139. The van der Waals surface area contributed by atoms with E-state index >= 15 is 0 Å². The monoisotopic (exact) mass is 348 g/mol. The molecule has 0 spiro atoms. The van der Waals surface area contributed by atoms with E-state index in [9.17, 15) is 8.42 Å². The van der Waals surface area contributed by atoms with E-state index in [2.05, 4.69) is 20.0 Å². The molecule has 0 bridgehead atoms. The van der Waals surface area contributed by atoms with Crippen molar-refractivity contribution in [1.29, 1.82) is 0 Å². The fraction of sp³-hybridized carbons (Fsp3) is 0.0667. The zero-order valence-electron chi connectivity index (χ0n) is 12.1. The van der Waals surface area contributed by atoms with Crippen molar-refractivity contribution >= 4 is 44.0 Å². The number of nitrogens with zero attached hydrogens (tertiary/aromatic N) is 2. The Morgan fingerprint density at radius 3 is 2.39 bits per heavy atom. The van der Waals surface area contributed by atoms with Crippen molar-refractivity contribution in [3.63, 3.8) is 0 Å². The molecule has 3 rings (SSSR count). The van der Waals surface area contributed by atoms with Gasteiger partial charge in [0.1, 0.15) is 5.82 Å². The summed E-state index contributed by atoms with van der Waals surface area (Å²) in [5.74, 6) is 0.560. The number of hydrogen-bond donors (Lipinski definition) is 2. The van der Waals surface area contributed by atoms with E-state index in [0.29, 0.717) is 11.5 Å². The quantitative estimate of drug-likeness (QED) is 0.708. The van der Waals surface area contributed by atoms with Gasteiger partial charge in [-0.1, -0.05) is 12.1 Å². The van der Waals surface area contributed by atoms with Gasteiger partial charge >= 0.3 is 0 Å². The minimum Gasteiger partial charge on any atom is -0.340 e. The molecule has 0 fully saturated rings. The molecule has 0 radical (unpaired) electrons. The van der Waals surface area contributed by atoms with E-state index in [4.69, 9.17) is 11.6 Å². The molecule has 3 aromatic rings. The molecule has 0 unspecified atom stereocenters. The third-order valence-electron chi connectivity index (χ3n) is 3.27. The molecule has 8 heteroatoms. The number of para-hydroxylation sites is 1. The highest BCUT2D eigenvalue weighted by Crippen LogP contribution is 2.25. The van der Waals surface area contributed by atoms with Gasteiger partial charge in [0.15, 0.2) is 0 Å². The van der Waals surface area contributed by atoms with Gasteiger partial charge in [0.25, 0.3) is 0 Å². The Kier molecular flexibility index (Phi) is 4.16. The average Bonchev–Trinajstić information content (AvgIpc) is 2.55. The Morgan fingerprint density at radius 1 is 1.00 bits per heavy atom. The summed E-state index contributed by atoms with van der Waals surface area (Å²) in [6, 6.07) is 13.8. The molecule has 1 aromatic heterocycles. The molecule has 2 aromatic carbocycles. The molecular weight excluding hydrogens is 336 g/mol. The van der Waals surface area contributed by atoms with E-state index in [1.54, 1.807) is 12.1 Å². The van der Waals surface area contributed by atoms with Crippen LogP contribution in [0.15, 0.2) is 53.4 Å². The second kappa shape index (κ2) is 6.11. The first-order valence-electron chi connectivity index (χ1n) is 6.72. The highest BCUT2D eigenvalue weighted by Gasteiger charge is 2.11. The smallest absolute Gasteiger partial charge is 0.240 e. The molecule has 6 nitrogen and oxygen atoms in total. The lowest BCUT2D eigenvalue weighted by molar-refractivity contribution is 0.588. The topological polar surface area (TPSA) is 84.0 Å². The van der Waals surface area contributed by atoms with Crippen LogP contribution in [0.2, 0.25) is 5.28 Å². The minimum atomic E-state index is -3.45. The summed E-state index contributed by atoms with van der Waals surface area (Å²) in [5.41, 5.74) is 1.42. The van der Waals surface area contributed by atoms with Crippen LogP contribution in [-0.4, -0.2) is 25.4 Å². The van der Waals surface area contributed by atoms with Gasteiger partial charge in [-0.3, -0.25) is 0 Å². The maximum atomic E-state index is 11.7. The van der Waals surface area contributed by atoms with Crippen molar-refractivity contribution in [3.05, 3.63) is 53.8 Å². The first-order chi connectivity index (χ1) is 11.0. The third-order valence-corrected chi connectivity index (χ3v) is 4.87. The van der Waals surface area contributed by atoms with Crippen LogP contribution < -0.4 is 10.0 Å². The molecule has 0 saturated carbocycles. The van der Waals surface area contributed by atoms with Gasteiger partial charge in [-0.15, -0.1) is 0 Å². The van der Waals surface area contributed by atoms with Crippen LogP contribution in [0.25, 0.3) is 10.9 Å². The SMILES string of the molecule is CNS(=O)(=O)c1ccc(Nc2nc(Cl)nc3ccccc23)cc1. The Morgan fingerprint density at radius 2 is 1.70 bits per heavy atom. The Hall–Kier alpha value is -2.22. The molecule has 0 amide bonds. The molecule has 0 aliphatic heterocycles. The van der Waals surface area contributed by atoms with Gasteiger partial charge in [0, 0.05) is 11.1 Å². The predicted octanol–water partition coefficient (Wildman–Crippen LogP) is 2.93. The van der Waals surface area contributed by atoms with Crippen molar-refractivity contribution in [1.82, 2.24) is 14.7 Å². The van der Waals surface area contributed by atoms with Crippen molar-refractivity contribution in [2.45, 2.75) is 4.90 Å². The highest BCUT2D eigenvalue weighted by atomic mass is 35.5. The fourth-order valence-electron chi connectivity index (χ4n) is 2.12. The number of anilines is 2. The zero-order valence-corrected chi connectivity index (χ0v) is 13.7. The predicted molar refractivity (Wildman–Crippen MR) is 90.5 cm³/mol. The third kappa shape index (κ3) is 3.26. The van der Waals surface area contributed by atoms with Crippen LogP contribution >= 0.6 is 11.6 Å². The summed E-state index contributed by atoms with van der Waals surface area (Å²) in [6.45, 7) is 0. The first-order valence-corrected chi connectivity index (χ1v) is 8.58. The lowest BCUT2D eigenvalue weighted by atomic mass is 10.2. The van der Waals surface area contributed by atoms with Crippen LogP contribution in [0, 0.1) is 0 Å². The van der Waals surface area contributed by atoms with Crippen LogP contribution in [0.4, 0.5) is 11.5 Å². The van der Waals surface area contributed by atoms with Crippen LogP contribution in [0.3, 0.4) is 0 Å². The lowest BCUT2D eigenvalue weighted by Gasteiger charge is -2.10. The van der Waals surface area contributed by atoms with Gasteiger partial charge in [0.05, 0.1) is 10.4 Å². The van der Waals surface area contributed by atoms with Crippen molar-refractivity contribution in [2.24, 2.45) is 0 Å². The fourth-order valence-corrected chi connectivity index (χ4v) is 3.02. The van der Waals surface area contributed by atoms with Gasteiger partial charge < -0.3 is 5.32 Å². The maximum Gasteiger partial charge on any atom is 0.240 e.